The number of aromatic nitrogens is 1. The molecule has 1 fully saturated rings. The summed E-state index contributed by atoms with van der Waals surface area (Å²) in [6.45, 7) is 11.0. The summed E-state index contributed by atoms with van der Waals surface area (Å²) in [4.78, 5) is 26.4. The van der Waals surface area contributed by atoms with Crippen molar-refractivity contribution in [1.82, 2.24) is 15.4 Å². The van der Waals surface area contributed by atoms with Crippen molar-refractivity contribution in [3.05, 3.63) is 17.0 Å². The fourth-order valence-corrected chi connectivity index (χ4v) is 2.92. The van der Waals surface area contributed by atoms with Gasteiger partial charge < -0.3 is 14.7 Å². The first-order chi connectivity index (χ1) is 10.8. The molecule has 0 aliphatic carbocycles. The molecule has 23 heavy (non-hydrogen) atoms. The zero-order chi connectivity index (χ0) is 17.1. The van der Waals surface area contributed by atoms with Crippen LogP contribution in [-0.4, -0.2) is 41.0 Å². The molecule has 0 aromatic carbocycles. The maximum absolute atomic E-state index is 12.6. The molecule has 1 aliphatic rings. The number of hydrogen-bond donors (Lipinski definition) is 1. The summed E-state index contributed by atoms with van der Waals surface area (Å²) in [7, 11) is 0. The van der Waals surface area contributed by atoms with Crippen LogP contribution in [-0.2, 0) is 4.79 Å². The highest BCUT2D eigenvalue weighted by Gasteiger charge is 2.28. The molecule has 0 atom stereocenters. The number of likely N-dealkylation sites (tertiary alicyclic amines) is 1. The normalized spacial score (nSPS) is 16.2. The van der Waals surface area contributed by atoms with E-state index in [1.54, 1.807) is 6.92 Å². The van der Waals surface area contributed by atoms with Gasteiger partial charge in [0.25, 0.3) is 5.91 Å². The number of amides is 2. The minimum absolute atomic E-state index is 0.0226. The third kappa shape index (κ3) is 3.92. The van der Waals surface area contributed by atoms with Gasteiger partial charge in [0, 0.05) is 31.0 Å². The Hall–Kier alpha value is -1.85. The van der Waals surface area contributed by atoms with Crippen LogP contribution in [0.1, 0.15) is 68.3 Å². The molecule has 6 nitrogen and oxygen atoms in total. The smallest absolute Gasteiger partial charge is 0.257 e. The third-order valence-corrected chi connectivity index (χ3v) is 4.28. The van der Waals surface area contributed by atoms with Crippen LogP contribution in [0.25, 0.3) is 0 Å². The topological polar surface area (TPSA) is 75.4 Å². The monoisotopic (exact) mass is 321 g/mol. The second-order valence-electron chi connectivity index (χ2n) is 6.89. The average Bonchev–Trinajstić information content (AvgIpc) is 2.89. The fourth-order valence-electron chi connectivity index (χ4n) is 2.92. The van der Waals surface area contributed by atoms with Crippen LogP contribution in [0.5, 0.6) is 0 Å². The zero-order valence-corrected chi connectivity index (χ0v) is 14.7. The van der Waals surface area contributed by atoms with Gasteiger partial charge in [-0.25, -0.2) is 0 Å². The number of rotatable bonds is 4. The molecule has 2 amide bonds. The molecule has 2 rings (SSSR count). The molecule has 6 heteroatoms. The van der Waals surface area contributed by atoms with Crippen LogP contribution in [0.3, 0.4) is 0 Å². The van der Waals surface area contributed by atoms with Gasteiger partial charge in [-0.2, -0.15) is 0 Å². The molecule has 1 aliphatic heterocycles. The van der Waals surface area contributed by atoms with E-state index in [2.05, 4.69) is 10.5 Å². The Kier molecular flexibility index (Phi) is 5.44. The number of carbonyl (C=O) groups excluding carboxylic acids is 2. The van der Waals surface area contributed by atoms with Gasteiger partial charge in [0.05, 0.1) is 5.69 Å². The summed E-state index contributed by atoms with van der Waals surface area (Å²) in [5, 5.41) is 6.99. The van der Waals surface area contributed by atoms with E-state index in [0.717, 1.165) is 12.8 Å². The molecule has 0 radical (unpaired) electrons. The van der Waals surface area contributed by atoms with Crippen LogP contribution in [0.2, 0.25) is 0 Å². The molecule has 1 aromatic rings. The standard InChI is InChI=1S/C17H27N3O3/c1-10(2)15-14(12(5)19-23-15)16(21)18-13-6-8-20(9-7-13)17(22)11(3)4/h10-11,13H,6-9H2,1-5H3,(H,18,21). The Morgan fingerprint density at radius 2 is 1.83 bits per heavy atom. The van der Waals surface area contributed by atoms with Gasteiger partial charge >= 0.3 is 0 Å². The highest BCUT2D eigenvalue weighted by molar-refractivity contribution is 5.96. The first kappa shape index (κ1) is 17.5. The molecule has 1 N–H and O–H groups in total. The number of nitrogens with zero attached hydrogens (tertiary/aromatic N) is 2. The summed E-state index contributed by atoms with van der Waals surface area (Å²) in [6, 6.07) is 0.0908. The third-order valence-electron chi connectivity index (χ3n) is 4.28. The highest BCUT2D eigenvalue weighted by atomic mass is 16.5. The molecular formula is C17H27N3O3. The van der Waals surface area contributed by atoms with Gasteiger partial charge in [-0.3, -0.25) is 9.59 Å². The van der Waals surface area contributed by atoms with Crippen LogP contribution >= 0.6 is 0 Å². The molecule has 0 saturated carbocycles. The average molecular weight is 321 g/mol. The predicted molar refractivity (Wildman–Crippen MR) is 87.2 cm³/mol. The van der Waals surface area contributed by atoms with Crippen molar-refractivity contribution in [3.63, 3.8) is 0 Å². The highest BCUT2D eigenvalue weighted by Crippen LogP contribution is 2.23. The van der Waals surface area contributed by atoms with E-state index in [-0.39, 0.29) is 29.7 Å². The second kappa shape index (κ2) is 7.15. The minimum atomic E-state index is -0.124. The van der Waals surface area contributed by atoms with E-state index >= 15 is 0 Å². The van der Waals surface area contributed by atoms with E-state index < -0.39 is 0 Å². The second-order valence-corrected chi connectivity index (χ2v) is 6.89. The summed E-state index contributed by atoms with van der Waals surface area (Å²) in [6.07, 6.45) is 1.57. The summed E-state index contributed by atoms with van der Waals surface area (Å²) in [5.74, 6) is 0.831. The first-order valence-corrected chi connectivity index (χ1v) is 8.37. The van der Waals surface area contributed by atoms with Gasteiger partial charge in [-0.15, -0.1) is 0 Å². The van der Waals surface area contributed by atoms with Crippen molar-refractivity contribution in [1.29, 1.82) is 0 Å². The van der Waals surface area contributed by atoms with Gasteiger partial charge in [0.15, 0.2) is 5.76 Å². The lowest BCUT2D eigenvalue weighted by atomic mass is 10.0. The zero-order valence-electron chi connectivity index (χ0n) is 14.7. The van der Waals surface area contributed by atoms with Crippen molar-refractivity contribution in [2.45, 2.75) is 59.4 Å². The summed E-state index contributed by atoms with van der Waals surface area (Å²) >= 11 is 0. The number of aryl methyl sites for hydroxylation is 1. The summed E-state index contributed by atoms with van der Waals surface area (Å²) < 4.78 is 5.28. The van der Waals surface area contributed by atoms with Gasteiger partial charge in [-0.1, -0.05) is 32.9 Å². The number of piperidine rings is 1. The van der Waals surface area contributed by atoms with Gasteiger partial charge in [-0.05, 0) is 19.8 Å². The number of carbonyl (C=O) groups is 2. The number of nitrogens with one attached hydrogen (secondary N) is 1. The molecule has 2 heterocycles. The van der Waals surface area contributed by atoms with Crippen LogP contribution < -0.4 is 5.32 Å². The quantitative estimate of drug-likeness (QED) is 0.924. The molecule has 1 saturated heterocycles. The Morgan fingerprint density at radius 3 is 2.35 bits per heavy atom. The predicted octanol–water partition coefficient (Wildman–Crippen LogP) is 2.48. The Labute approximate surface area is 137 Å². The lowest BCUT2D eigenvalue weighted by Gasteiger charge is -2.33. The SMILES string of the molecule is Cc1noc(C(C)C)c1C(=O)NC1CCN(C(=O)C(C)C)CC1. The Morgan fingerprint density at radius 1 is 1.22 bits per heavy atom. The Bertz CT molecular complexity index is 570. The van der Waals surface area contributed by atoms with Crippen molar-refractivity contribution >= 4 is 11.8 Å². The van der Waals surface area contributed by atoms with Crippen LogP contribution in [0, 0.1) is 12.8 Å². The van der Waals surface area contributed by atoms with Gasteiger partial charge in [0.2, 0.25) is 5.91 Å². The van der Waals surface area contributed by atoms with Crippen LogP contribution in [0.4, 0.5) is 0 Å². The van der Waals surface area contributed by atoms with E-state index in [9.17, 15) is 9.59 Å². The molecule has 0 unspecified atom stereocenters. The van der Waals surface area contributed by atoms with E-state index in [1.165, 1.54) is 0 Å². The van der Waals surface area contributed by atoms with Crippen molar-refractivity contribution in [2.24, 2.45) is 5.92 Å². The van der Waals surface area contributed by atoms with E-state index in [0.29, 0.717) is 30.1 Å². The van der Waals surface area contributed by atoms with Gasteiger partial charge in [0.1, 0.15) is 5.56 Å². The largest absolute Gasteiger partial charge is 0.360 e. The lowest BCUT2D eigenvalue weighted by Crippen LogP contribution is -2.47. The summed E-state index contributed by atoms with van der Waals surface area (Å²) in [5.41, 5.74) is 1.18. The maximum Gasteiger partial charge on any atom is 0.257 e. The van der Waals surface area contributed by atoms with Crippen molar-refractivity contribution in [3.8, 4) is 0 Å². The van der Waals surface area contributed by atoms with E-state index in [1.807, 2.05) is 32.6 Å². The fraction of sp³-hybridized carbons (Fsp3) is 0.706. The first-order valence-electron chi connectivity index (χ1n) is 8.37. The molecule has 128 valence electrons. The lowest BCUT2D eigenvalue weighted by molar-refractivity contribution is -0.135. The van der Waals surface area contributed by atoms with Crippen molar-refractivity contribution < 1.29 is 14.1 Å². The molecule has 0 bridgehead atoms. The van der Waals surface area contributed by atoms with Crippen molar-refractivity contribution in [2.75, 3.05) is 13.1 Å². The minimum Gasteiger partial charge on any atom is -0.360 e. The molecular weight excluding hydrogens is 294 g/mol. The molecule has 0 spiro atoms. The maximum atomic E-state index is 12.6. The van der Waals surface area contributed by atoms with E-state index in [4.69, 9.17) is 4.52 Å². The number of hydrogen-bond acceptors (Lipinski definition) is 4. The van der Waals surface area contributed by atoms with Crippen LogP contribution in [0.15, 0.2) is 4.52 Å². The Balaban J connectivity index is 1.96. The molecule has 1 aromatic heterocycles.